The summed E-state index contributed by atoms with van der Waals surface area (Å²) < 4.78 is 10.2. The number of aliphatic hydroxyl groups excluding tert-OH is 1. The quantitative estimate of drug-likeness (QED) is 0.349. The van der Waals surface area contributed by atoms with Gasteiger partial charge < -0.3 is 16.0 Å². The second kappa shape index (κ2) is 14.4. The van der Waals surface area contributed by atoms with E-state index in [0.717, 1.165) is 19.4 Å². The normalized spacial score (nSPS) is 9.50. The van der Waals surface area contributed by atoms with Crippen LogP contribution < -0.4 is 29.6 Å². The van der Waals surface area contributed by atoms with Crippen molar-refractivity contribution in [2.45, 2.75) is 19.8 Å². The van der Waals surface area contributed by atoms with Gasteiger partial charge in [-0.3, -0.25) is 0 Å². The topological polar surface area (TPSA) is 38.7 Å². The van der Waals surface area contributed by atoms with E-state index in [0.29, 0.717) is 19.8 Å². The molecular formula is C8H19NaO3. The first kappa shape index (κ1) is 15.4. The molecule has 0 saturated heterocycles. The first-order valence-corrected chi connectivity index (χ1v) is 4.18. The smallest absolute Gasteiger partial charge is 1.00 e. The van der Waals surface area contributed by atoms with E-state index < -0.39 is 0 Å². The van der Waals surface area contributed by atoms with Crippen LogP contribution >= 0.6 is 0 Å². The number of aliphatic hydroxyl groups is 1. The molecule has 0 aromatic carbocycles. The van der Waals surface area contributed by atoms with Crippen LogP contribution in [0.4, 0.5) is 0 Å². The van der Waals surface area contributed by atoms with Crippen molar-refractivity contribution < 1.29 is 45.6 Å². The minimum Gasteiger partial charge on any atom is -1.00 e. The Morgan fingerprint density at radius 1 is 1.08 bits per heavy atom. The van der Waals surface area contributed by atoms with Crippen LogP contribution in [0.1, 0.15) is 21.2 Å². The van der Waals surface area contributed by atoms with Crippen LogP contribution in [0, 0.1) is 0 Å². The molecule has 0 unspecified atom stereocenters. The number of unbranched alkanes of at least 4 members (excludes halogenated alkanes) is 1. The summed E-state index contributed by atoms with van der Waals surface area (Å²) in [5.41, 5.74) is 0. The van der Waals surface area contributed by atoms with E-state index in [4.69, 9.17) is 14.6 Å². The van der Waals surface area contributed by atoms with E-state index in [1.807, 2.05) is 0 Å². The third kappa shape index (κ3) is 13.5. The van der Waals surface area contributed by atoms with E-state index in [1.54, 1.807) is 0 Å². The molecule has 0 aromatic rings. The predicted octanol–water partition coefficient (Wildman–Crippen LogP) is -2.07. The maximum absolute atomic E-state index is 8.34. The Morgan fingerprint density at radius 2 is 1.67 bits per heavy atom. The van der Waals surface area contributed by atoms with Gasteiger partial charge in [0.2, 0.25) is 0 Å². The average molecular weight is 186 g/mol. The third-order valence-corrected chi connectivity index (χ3v) is 1.25. The molecule has 0 heterocycles. The standard InChI is InChI=1S/C8H18O3.Na.H/c1-2-3-5-10-7-8-11-6-4-9;;/h9H,2-8H2,1H3;;/q;+1;-1. The Balaban J connectivity index is -0.000000500. The Labute approximate surface area is 98.2 Å². The minimum absolute atomic E-state index is 0. The maximum atomic E-state index is 8.34. The van der Waals surface area contributed by atoms with E-state index in [9.17, 15) is 0 Å². The Kier molecular flexibility index (Phi) is 18.4. The molecule has 1 N–H and O–H groups in total. The summed E-state index contributed by atoms with van der Waals surface area (Å²) in [4.78, 5) is 0. The van der Waals surface area contributed by atoms with Gasteiger partial charge in [0, 0.05) is 6.61 Å². The monoisotopic (exact) mass is 186 g/mol. The van der Waals surface area contributed by atoms with Crippen LogP contribution in [0.25, 0.3) is 0 Å². The summed E-state index contributed by atoms with van der Waals surface area (Å²) in [5.74, 6) is 0. The zero-order valence-corrected chi connectivity index (χ0v) is 10.2. The molecule has 3 nitrogen and oxygen atoms in total. The fraction of sp³-hybridized carbons (Fsp3) is 1.00. The summed E-state index contributed by atoms with van der Waals surface area (Å²) in [7, 11) is 0. The van der Waals surface area contributed by atoms with Gasteiger partial charge in [-0.2, -0.15) is 0 Å². The van der Waals surface area contributed by atoms with Gasteiger partial charge in [-0.25, -0.2) is 0 Å². The number of hydrogen-bond donors (Lipinski definition) is 1. The van der Waals surface area contributed by atoms with Crippen molar-refractivity contribution in [2.24, 2.45) is 0 Å². The number of hydrogen-bond acceptors (Lipinski definition) is 3. The van der Waals surface area contributed by atoms with Crippen LogP contribution in [-0.2, 0) is 9.47 Å². The molecule has 0 amide bonds. The fourth-order valence-corrected chi connectivity index (χ4v) is 0.633. The van der Waals surface area contributed by atoms with Gasteiger partial charge in [-0.1, -0.05) is 13.3 Å². The molecular weight excluding hydrogens is 167 g/mol. The molecule has 0 saturated carbocycles. The molecule has 0 aliphatic rings. The Hall–Kier alpha value is 0.880. The zero-order chi connectivity index (χ0) is 8.36. The van der Waals surface area contributed by atoms with E-state index in [-0.39, 0.29) is 37.6 Å². The first-order valence-electron chi connectivity index (χ1n) is 4.18. The van der Waals surface area contributed by atoms with Crippen LogP contribution in [0.3, 0.4) is 0 Å². The van der Waals surface area contributed by atoms with Crippen molar-refractivity contribution in [1.82, 2.24) is 0 Å². The second-order valence-corrected chi connectivity index (χ2v) is 2.30. The molecule has 0 spiro atoms. The van der Waals surface area contributed by atoms with E-state index in [1.165, 1.54) is 0 Å². The molecule has 0 bridgehead atoms. The van der Waals surface area contributed by atoms with Crippen molar-refractivity contribution in [2.75, 3.05) is 33.0 Å². The summed E-state index contributed by atoms with van der Waals surface area (Å²) >= 11 is 0. The van der Waals surface area contributed by atoms with Crippen molar-refractivity contribution >= 4 is 0 Å². The second-order valence-electron chi connectivity index (χ2n) is 2.30. The Bertz CT molecular complexity index is 68.4. The first-order chi connectivity index (χ1) is 5.41. The van der Waals surface area contributed by atoms with Gasteiger partial charge in [0.15, 0.2) is 0 Å². The molecule has 12 heavy (non-hydrogen) atoms. The molecule has 0 rings (SSSR count). The largest absolute Gasteiger partial charge is 1.00 e. The van der Waals surface area contributed by atoms with Gasteiger partial charge in [-0.05, 0) is 6.42 Å². The summed E-state index contributed by atoms with van der Waals surface area (Å²) in [6, 6.07) is 0. The third-order valence-electron chi connectivity index (χ3n) is 1.25. The van der Waals surface area contributed by atoms with Crippen molar-refractivity contribution in [3.8, 4) is 0 Å². The molecule has 0 aliphatic heterocycles. The SMILES string of the molecule is CCCCOCCOCCO.[H-].[Na+]. The molecule has 0 aromatic heterocycles. The average Bonchev–Trinajstić information content (AvgIpc) is 2.03. The van der Waals surface area contributed by atoms with Gasteiger partial charge in [0.25, 0.3) is 0 Å². The van der Waals surface area contributed by atoms with Gasteiger partial charge in [-0.15, -0.1) is 0 Å². The summed E-state index contributed by atoms with van der Waals surface area (Å²) in [5, 5.41) is 8.34. The molecule has 4 heteroatoms. The van der Waals surface area contributed by atoms with Crippen LogP contribution in [-0.4, -0.2) is 38.1 Å². The molecule has 0 atom stereocenters. The van der Waals surface area contributed by atoms with Crippen LogP contribution in [0.2, 0.25) is 0 Å². The number of ether oxygens (including phenoxy) is 2. The van der Waals surface area contributed by atoms with E-state index >= 15 is 0 Å². The zero-order valence-electron chi connectivity index (χ0n) is 9.21. The van der Waals surface area contributed by atoms with Crippen LogP contribution in [0.5, 0.6) is 0 Å². The summed E-state index contributed by atoms with van der Waals surface area (Å²) in [6.07, 6.45) is 2.28. The molecule has 70 valence electrons. The van der Waals surface area contributed by atoms with E-state index in [2.05, 4.69) is 6.92 Å². The van der Waals surface area contributed by atoms with Crippen molar-refractivity contribution in [3.63, 3.8) is 0 Å². The van der Waals surface area contributed by atoms with Crippen molar-refractivity contribution in [3.05, 3.63) is 0 Å². The fourth-order valence-electron chi connectivity index (χ4n) is 0.633. The van der Waals surface area contributed by atoms with Gasteiger partial charge in [0.05, 0.1) is 26.4 Å². The van der Waals surface area contributed by atoms with Gasteiger partial charge >= 0.3 is 29.6 Å². The predicted molar refractivity (Wildman–Crippen MR) is 44.7 cm³/mol. The molecule has 0 fully saturated rings. The molecule has 0 radical (unpaired) electrons. The Morgan fingerprint density at radius 3 is 2.17 bits per heavy atom. The molecule has 0 aliphatic carbocycles. The minimum atomic E-state index is 0. The summed E-state index contributed by atoms with van der Waals surface area (Å²) in [6.45, 7) is 4.68. The number of rotatable bonds is 8. The van der Waals surface area contributed by atoms with Gasteiger partial charge in [0.1, 0.15) is 0 Å². The maximum Gasteiger partial charge on any atom is 1.00 e. The van der Waals surface area contributed by atoms with Crippen LogP contribution in [0.15, 0.2) is 0 Å². The van der Waals surface area contributed by atoms with Crippen molar-refractivity contribution in [1.29, 1.82) is 0 Å².